The summed E-state index contributed by atoms with van der Waals surface area (Å²) in [6, 6.07) is 14.6. The molecule has 0 radical (unpaired) electrons. The van der Waals surface area contributed by atoms with Crippen LogP contribution >= 0.6 is 15.9 Å². The molecule has 39 heavy (non-hydrogen) atoms. The summed E-state index contributed by atoms with van der Waals surface area (Å²) in [6.45, 7) is 10.4. The number of carbonyl (C=O) groups is 4. The Morgan fingerprint density at radius 1 is 0.846 bits per heavy atom. The lowest BCUT2D eigenvalue weighted by Crippen LogP contribution is -2.41. The predicted octanol–water partition coefficient (Wildman–Crippen LogP) is 6.41. The molecule has 2 heterocycles. The van der Waals surface area contributed by atoms with Gasteiger partial charge >= 0.3 is 12.2 Å². The first-order valence-corrected chi connectivity index (χ1v) is 13.0. The maximum Gasteiger partial charge on any atom is 0.424 e. The van der Waals surface area contributed by atoms with Crippen molar-refractivity contribution in [1.82, 2.24) is 9.47 Å². The molecule has 0 atom stereocenters. The van der Waals surface area contributed by atoms with E-state index in [0.717, 1.165) is 5.56 Å². The Morgan fingerprint density at radius 3 is 2.08 bits per heavy atom. The van der Waals surface area contributed by atoms with Crippen molar-refractivity contribution >= 4 is 56.4 Å². The molecule has 9 nitrogen and oxygen atoms in total. The molecule has 3 aromatic rings. The summed E-state index contributed by atoms with van der Waals surface area (Å²) in [5.41, 5.74) is -0.158. The van der Waals surface area contributed by atoms with E-state index in [1.165, 1.54) is 10.8 Å². The predicted molar refractivity (Wildman–Crippen MR) is 148 cm³/mol. The van der Waals surface area contributed by atoms with Crippen molar-refractivity contribution in [2.75, 3.05) is 0 Å². The van der Waals surface area contributed by atoms with Crippen molar-refractivity contribution in [3.63, 3.8) is 0 Å². The van der Waals surface area contributed by atoms with Gasteiger partial charge in [-0.2, -0.15) is 4.90 Å². The third-order valence-electron chi connectivity index (χ3n) is 5.49. The van der Waals surface area contributed by atoms with Crippen LogP contribution in [-0.2, 0) is 25.7 Å². The maximum absolute atomic E-state index is 13.5. The smallest absolute Gasteiger partial charge is 0.424 e. The highest BCUT2D eigenvalue weighted by Crippen LogP contribution is 2.39. The van der Waals surface area contributed by atoms with Crippen molar-refractivity contribution in [1.29, 1.82) is 0 Å². The van der Waals surface area contributed by atoms with Crippen LogP contribution in [0.4, 0.5) is 9.59 Å². The van der Waals surface area contributed by atoms with E-state index in [9.17, 15) is 19.2 Å². The average molecular weight is 597 g/mol. The fourth-order valence-corrected chi connectivity index (χ4v) is 4.47. The number of ether oxygens (including phenoxy) is 3. The second-order valence-corrected chi connectivity index (χ2v) is 11.8. The van der Waals surface area contributed by atoms with Crippen LogP contribution < -0.4 is 4.74 Å². The number of halogens is 1. The van der Waals surface area contributed by atoms with Crippen molar-refractivity contribution in [2.45, 2.75) is 59.4 Å². The number of imide groups is 3. The minimum atomic E-state index is -1.09. The van der Waals surface area contributed by atoms with Crippen molar-refractivity contribution in [3.05, 3.63) is 70.3 Å². The first-order valence-electron chi connectivity index (χ1n) is 12.2. The zero-order valence-corrected chi connectivity index (χ0v) is 24.1. The molecule has 0 N–H and O–H groups in total. The highest BCUT2D eigenvalue weighted by atomic mass is 79.9. The number of benzene rings is 2. The monoisotopic (exact) mass is 596 g/mol. The van der Waals surface area contributed by atoms with Gasteiger partial charge in [0.2, 0.25) is 0 Å². The molecule has 1 aromatic heterocycles. The van der Waals surface area contributed by atoms with Crippen LogP contribution in [0.15, 0.2) is 59.2 Å². The van der Waals surface area contributed by atoms with E-state index in [1.807, 2.05) is 30.3 Å². The highest BCUT2D eigenvalue weighted by Gasteiger charge is 2.45. The molecule has 0 spiro atoms. The minimum absolute atomic E-state index is 0.0848. The van der Waals surface area contributed by atoms with Crippen LogP contribution in [0.3, 0.4) is 0 Å². The lowest BCUT2D eigenvalue weighted by molar-refractivity contribution is -0.135. The van der Waals surface area contributed by atoms with Crippen LogP contribution in [0, 0.1) is 0 Å². The SMILES string of the molecule is CC(C)(C)OC(=O)N1C(=O)C(Br)=C(c2cn(C(=O)OC(C)(C)C)c3ccc(OCc4ccccc4)cc23)C1=O. The van der Waals surface area contributed by atoms with Crippen LogP contribution in [-0.4, -0.2) is 44.7 Å². The van der Waals surface area contributed by atoms with Gasteiger partial charge in [-0.15, -0.1) is 0 Å². The van der Waals surface area contributed by atoms with Crippen LogP contribution in [0.2, 0.25) is 0 Å². The summed E-state index contributed by atoms with van der Waals surface area (Å²) in [5, 5.41) is 0.450. The summed E-state index contributed by atoms with van der Waals surface area (Å²) in [6.07, 6.45) is -0.346. The van der Waals surface area contributed by atoms with Gasteiger partial charge < -0.3 is 14.2 Å². The Hall–Kier alpha value is -3.92. The summed E-state index contributed by atoms with van der Waals surface area (Å²) >= 11 is 3.20. The zero-order valence-electron chi connectivity index (χ0n) is 22.5. The first kappa shape index (κ1) is 28.1. The molecular formula is C29H29BrN2O7. The fourth-order valence-electron chi connectivity index (χ4n) is 3.91. The number of aromatic nitrogens is 1. The molecule has 10 heteroatoms. The number of hydrogen-bond donors (Lipinski definition) is 0. The molecule has 1 aliphatic heterocycles. The van der Waals surface area contributed by atoms with Crippen LogP contribution in [0.25, 0.3) is 16.5 Å². The van der Waals surface area contributed by atoms with E-state index >= 15 is 0 Å². The van der Waals surface area contributed by atoms with Crippen molar-refractivity contribution in [2.24, 2.45) is 0 Å². The second kappa shape index (κ2) is 10.3. The Balaban J connectivity index is 1.80. The number of nitrogens with zero attached hydrogens (tertiary/aromatic N) is 2. The molecular weight excluding hydrogens is 568 g/mol. The fraction of sp³-hybridized carbons (Fsp3) is 0.310. The van der Waals surface area contributed by atoms with Gasteiger partial charge in [0.15, 0.2) is 0 Å². The number of carbonyl (C=O) groups excluding carboxylic acids is 4. The molecule has 0 unspecified atom stereocenters. The minimum Gasteiger partial charge on any atom is -0.489 e. The standard InChI is InChI=1S/C29H29BrN2O7/c1-28(2,3)38-26(35)31-15-20(22-23(30)25(34)32(24(22)33)27(36)39-29(4,5)6)19-14-18(12-13-21(19)31)37-16-17-10-8-7-9-11-17/h7-15H,16H2,1-6H3. The van der Waals surface area contributed by atoms with Gasteiger partial charge in [0.25, 0.3) is 11.8 Å². The molecule has 0 saturated heterocycles. The second-order valence-electron chi connectivity index (χ2n) is 11.0. The maximum atomic E-state index is 13.5. The number of amides is 3. The molecule has 0 fully saturated rings. The van der Waals surface area contributed by atoms with E-state index in [4.69, 9.17) is 14.2 Å². The van der Waals surface area contributed by atoms with Gasteiger partial charge in [0.05, 0.1) is 15.6 Å². The van der Waals surface area contributed by atoms with E-state index in [-0.39, 0.29) is 15.6 Å². The zero-order chi connectivity index (χ0) is 28.7. The Kier molecular flexibility index (Phi) is 7.44. The molecule has 2 aromatic carbocycles. The largest absolute Gasteiger partial charge is 0.489 e. The number of fused-ring (bicyclic) bond motifs is 1. The summed E-state index contributed by atoms with van der Waals surface area (Å²) in [5.74, 6) is -1.26. The molecule has 0 bridgehead atoms. The Bertz CT molecular complexity index is 1510. The summed E-state index contributed by atoms with van der Waals surface area (Å²) < 4.78 is 17.9. The van der Waals surface area contributed by atoms with Gasteiger partial charge in [-0.1, -0.05) is 30.3 Å². The van der Waals surface area contributed by atoms with Gasteiger partial charge in [-0.05, 0) is 81.2 Å². The van der Waals surface area contributed by atoms with Gasteiger partial charge in [0.1, 0.15) is 23.6 Å². The van der Waals surface area contributed by atoms with Gasteiger partial charge in [-0.25, -0.2) is 9.59 Å². The molecule has 4 rings (SSSR count). The summed E-state index contributed by atoms with van der Waals surface area (Å²) in [7, 11) is 0. The van der Waals surface area contributed by atoms with E-state index in [1.54, 1.807) is 59.7 Å². The highest BCUT2D eigenvalue weighted by molar-refractivity contribution is 9.12. The average Bonchev–Trinajstić information content (AvgIpc) is 3.30. The molecule has 0 saturated carbocycles. The molecule has 0 aliphatic carbocycles. The van der Waals surface area contributed by atoms with Gasteiger partial charge in [-0.3, -0.25) is 14.2 Å². The third kappa shape index (κ3) is 6.06. The molecule has 3 amide bonds. The van der Waals surface area contributed by atoms with Crippen molar-refractivity contribution in [3.8, 4) is 5.75 Å². The van der Waals surface area contributed by atoms with Gasteiger partial charge in [0, 0.05) is 17.1 Å². The van der Waals surface area contributed by atoms with E-state index in [2.05, 4.69) is 15.9 Å². The number of hydrogen-bond acceptors (Lipinski definition) is 7. The normalized spacial score (nSPS) is 14.3. The summed E-state index contributed by atoms with van der Waals surface area (Å²) in [4.78, 5) is 52.7. The Morgan fingerprint density at radius 2 is 1.46 bits per heavy atom. The first-order chi connectivity index (χ1) is 18.2. The lowest BCUT2D eigenvalue weighted by atomic mass is 10.1. The van der Waals surface area contributed by atoms with Crippen LogP contribution in [0.5, 0.6) is 5.75 Å². The topological polar surface area (TPSA) is 104 Å². The molecule has 204 valence electrons. The van der Waals surface area contributed by atoms with E-state index < -0.39 is 35.2 Å². The lowest BCUT2D eigenvalue weighted by Gasteiger charge is -2.22. The quantitative estimate of drug-likeness (QED) is 0.320. The number of rotatable bonds is 4. The van der Waals surface area contributed by atoms with E-state index in [0.29, 0.717) is 28.2 Å². The van der Waals surface area contributed by atoms with Crippen LogP contribution in [0.1, 0.15) is 52.7 Å². The molecule has 1 aliphatic rings. The Labute approximate surface area is 234 Å². The van der Waals surface area contributed by atoms with Crippen molar-refractivity contribution < 1.29 is 33.4 Å². The third-order valence-corrected chi connectivity index (χ3v) is 6.22.